The van der Waals surface area contributed by atoms with Crippen molar-refractivity contribution in [1.82, 2.24) is 19.6 Å². The zero-order valence-electron chi connectivity index (χ0n) is 22.7. The highest BCUT2D eigenvalue weighted by atomic mass is 19.1. The first-order valence-corrected chi connectivity index (χ1v) is 14.0. The van der Waals surface area contributed by atoms with Crippen molar-refractivity contribution in [2.45, 2.75) is 58.0 Å². The predicted octanol–water partition coefficient (Wildman–Crippen LogP) is 5.07. The van der Waals surface area contributed by atoms with E-state index in [9.17, 15) is 4.79 Å². The minimum Gasteiger partial charge on any atom is -0.326 e. The molecule has 2 heterocycles. The van der Waals surface area contributed by atoms with Gasteiger partial charge >= 0.3 is 0 Å². The first-order chi connectivity index (χ1) is 18.4. The second-order valence-corrected chi connectivity index (χ2v) is 11.1. The minimum absolute atomic E-state index is 0.000527. The summed E-state index contributed by atoms with van der Waals surface area (Å²) in [6, 6.07) is 15.2. The molecule has 0 radical (unpaired) electrons. The maximum Gasteiger partial charge on any atom is 0.185 e. The molecule has 1 saturated carbocycles. The van der Waals surface area contributed by atoms with Crippen molar-refractivity contribution in [2.24, 2.45) is 11.7 Å². The maximum absolute atomic E-state index is 15.1. The smallest absolute Gasteiger partial charge is 0.185 e. The van der Waals surface area contributed by atoms with E-state index in [-0.39, 0.29) is 24.1 Å². The maximum atomic E-state index is 15.1. The number of carbonyl (C=O) groups is 1. The van der Waals surface area contributed by atoms with Crippen molar-refractivity contribution in [3.05, 3.63) is 82.4 Å². The van der Waals surface area contributed by atoms with E-state index in [0.717, 1.165) is 67.4 Å². The predicted molar refractivity (Wildman–Crippen MR) is 149 cm³/mol. The Kier molecular flexibility index (Phi) is 8.36. The Hall–Kier alpha value is -2.87. The van der Waals surface area contributed by atoms with Crippen LogP contribution in [0, 0.1) is 18.7 Å². The lowest BCUT2D eigenvalue weighted by Crippen LogP contribution is -2.33. The van der Waals surface area contributed by atoms with Crippen LogP contribution in [0.15, 0.2) is 48.5 Å². The molecule has 1 unspecified atom stereocenters. The summed E-state index contributed by atoms with van der Waals surface area (Å²) < 4.78 is 16.8. The molecule has 1 saturated heterocycles. The van der Waals surface area contributed by atoms with Crippen molar-refractivity contribution in [3.63, 3.8) is 0 Å². The van der Waals surface area contributed by atoms with Crippen LogP contribution in [-0.2, 0) is 13.0 Å². The average molecular weight is 518 g/mol. The van der Waals surface area contributed by atoms with Gasteiger partial charge in [0.2, 0.25) is 0 Å². The summed E-state index contributed by atoms with van der Waals surface area (Å²) in [6.45, 7) is 6.48. The SMILES string of the molecule is Cc1cc(C(=O)Cc2cc(C(CCC3CC3)N3CCCN(C)CC3)ccc2F)n(-c2cccc(CN)c2)n1. The van der Waals surface area contributed by atoms with Crippen LogP contribution in [0.25, 0.3) is 5.69 Å². The fraction of sp³-hybridized carbons (Fsp3) is 0.484. The molecule has 1 aliphatic heterocycles. The molecule has 38 heavy (non-hydrogen) atoms. The van der Waals surface area contributed by atoms with Crippen LogP contribution >= 0.6 is 0 Å². The molecule has 1 aliphatic carbocycles. The van der Waals surface area contributed by atoms with E-state index in [1.54, 1.807) is 16.8 Å². The number of rotatable bonds is 10. The number of ketones is 1. The Labute approximate surface area is 225 Å². The van der Waals surface area contributed by atoms with Crippen molar-refractivity contribution >= 4 is 5.78 Å². The van der Waals surface area contributed by atoms with Gasteiger partial charge in [0, 0.05) is 38.6 Å². The normalized spacial score (nSPS) is 17.9. The van der Waals surface area contributed by atoms with Crippen LogP contribution < -0.4 is 5.73 Å². The summed E-state index contributed by atoms with van der Waals surface area (Å²) in [7, 11) is 2.18. The van der Waals surface area contributed by atoms with Crippen LogP contribution in [0.4, 0.5) is 4.39 Å². The summed E-state index contributed by atoms with van der Waals surface area (Å²) >= 11 is 0. The summed E-state index contributed by atoms with van der Waals surface area (Å²) in [5.74, 6) is 0.368. The van der Waals surface area contributed by atoms with Crippen LogP contribution in [0.3, 0.4) is 0 Å². The molecule has 1 aromatic heterocycles. The van der Waals surface area contributed by atoms with Gasteiger partial charge in [0.1, 0.15) is 11.5 Å². The van der Waals surface area contributed by atoms with E-state index in [4.69, 9.17) is 5.73 Å². The Balaban J connectivity index is 1.40. The number of hydrogen-bond donors (Lipinski definition) is 1. The van der Waals surface area contributed by atoms with Crippen molar-refractivity contribution in [1.29, 1.82) is 0 Å². The van der Waals surface area contributed by atoms with E-state index in [0.29, 0.717) is 17.8 Å². The number of halogens is 1. The molecule has 6 nitrogen and oxygen atoms in total. The van der Waals surface area contributed by atoms with Gasteiger partial charge in [-0.25, -0.2) is 9.07 Å². The number of likely N-dealkylation sites (N-methyl/N-ethyl adjacent to an activating group) is 1. The van der Waals surface area contributed by atoms with Crippen LogP contribution in [0.1, 0.15) is 71.0 Å². The molecule has 1 atom stereocenters. The van der Waals surface area contributed by atoms with Gasteiger partial charge in [0.15, 0.2) is 5.78 Å². The van der Waals surface area contributed by atoms with Crippen molar-refractivity contribution in [2.75, 3.05) is 33.2 Å². The van der Waals surface area contributed by atoms with Gasteiger partial charge in [-0.1, -0.05) is 37.1 Å². The van der Waals surface area contributed by atoms with Crippen LogP contribution in [0.2, 0.25) is 0 Å². The van der Waals surface area contributed by atoms with E-state index < -0.39 is 0 Å². The fourth-order valence-electron chi connectivity index (χ4n) is 5.65. The first kappa shape index (κ1) is 26.7. The molecular weight excluding hydrogens is 477 g/mol. The molecular formula is C31H40FN5O. The summed E-state index contributed by atoms with van der Waals surface area (Å²) in [4.78, 5) is 18.5. The Morgan fingerprint density at radius 3 is 2.74 bits per heavy atom. The van der Waals surface area contributed by atoms with Gasteiger partial charge in [-0.05, 0) is 86.7 Å². The number of carbonyl (C=O) groups excluding carboxylic acids is 1. The summed E-state index contributed by atoms with van der Waals surface area (Å²) in [5.41, 5.74) is 10.4. The van der Waals surface area contributed by atoms with Gasteiger partial charge in [-0.15, -0.1) is 0 Å². The first-order valence-electron chi connectivity index (χ1n) is 14.0. The van der Waals surface area contributed by atoms with E-state index in [1.165, 1.54) is 19.3 Å². The molecule has 5 rings (SSSR count). The molecule has 2 fully saturated rings. The van der Waals surface area contributed by atoms with Gasteiger partial charge in [0.25, 0.3) is 0 Å². The number of nitrogens with zero attached hydrogens (tertiary/aromatic N) is 4. The zero-order valence-corrected chi connectivity index (χ0v) is 22.7. The number of aromatic nitrogens is 2. The highest BCUT2D eigenvalue weighted by Gasteiger charge is 2.28. The number of hydrogen-bond acceptors (Lipinski definition) is 5. The van der Waals surface area contributed by atoms with Gasteiger partial charge in [-0.3, -0.25) is 9.69 Å². The van der Waals surface area contributed by atoms with Crippen molar-refractivity contribution < 1.29 is 9.18 Å². The van der Waals surface area contributed by atoms with Gasteiger partial charge < -0.3 is 10.6 Å². The third-order valence-electron chi connectivity index (χ3n) is 8.05. The molecule has 0 spiro atoms. The largest absolute Gasteiger partial charge is 0.326 e. The van der Waals surface area contributed by atoms with E-state index in [2.05, 4.69) is 21.9 Å². The molecule has 0 bridgehead atoms. The molecule has 202 valence electrons. The standard InChI is InChI=1S/C31H40FN5O/c1-22-17-30(37(34-22)27-6-3-5-24(18-27)21-33)31(38)20-26-19-25(10-11-28(26)32)29(12-9-23-7-8-23)36-14-4-13-35(2)15-16-36/h3,5-6,10-11,17-19,23,29H,4,7-9,12-16,20-21,33H2,1-2H3. The van der Waals surface area contributed by atoms with E-state index in [1.807, 2.05) is 43.3 Å². The molecule has 2 aromatic carbocycles. The third-order valence-corrected chi connectivity index (χ3v) is 8.05. The van der Waals surface area contributed by atoms with Crippen LogP contribution in [0.5, 0.6) is 0 Å². The third kappa shape index (κ3) is 6.40. The monoisotopic (exact) mass is 517 g/mol. The molecule has 2 aliphatic rings. The Morgan fingerprint density at radius 2 is 1.95 bits per heavy atom. The van der Waals surface area contributed by atoms with E-state index >= 15 is 4.39 Å². The highest BCUT2D eigenvalue weighted by molar-refractivity contribution is 5.96. The Bertz CT molecular complexity index is 1270. The lowest BCUT2D eigenvalue weighted by atomic mass is 9.95. The quantitative estimate of drug-likeness (QED) is 0.380. The molecule has 3 aromatic rings. The van der Waals surface area contributed by atoms with Crippen LogP contribution in [-0.4, -0.2) is 58.6 Å². The topological polar surface area (TPSA) is 67.4 Å². The minimum atomic E-state index is -0.327. The highest BCUT2D eigenvalue weighted by Crippen LogP contribution is 2.38. The molecule has 0 amide bonds. The van der Waals surface area contributed by atoms with Gasteiger partial charge in [-0.2, -0.15) is 5.10 Å². The second-order valence-electron chi connectivity index (χ2n) is 11.1. The average Bonchev–Trinajstić information content (AvgIpc) is 3.70. The lowest BCUT2D eigenvalue weighted by Gasteiger charge is -2.31. The zero-order chi connectivity index (χ0) is 26.6. The second kappa shape index (κ2) is 11.9. The number of nitrogens with two attached hydrogens (primary N) is 1. The van der Waals surface area contributed by atoms with Crippen molar-refractivity contribution in [3.8, 4) is 5.69 Å². The molecule has 2 N–H and O–H groups in total. The number of Topliss-reactive ketones (excluding diaryl/α,β-unsaturated/α-hetero) is 1. The lowest BCUT2D eigenvalue weighted by molar-refractivity contribution is 0.0984. The fourth-order valence-corrected chi connectivity index (χ4v) is 5.65. The summed E-state index contributed by atoms with van der Waals surface area (Å²) in [5, 5.41) is 4.56. The number of benzene rings is 2. The number of aryl methyl sites for hydroxylation is 1. The Morgan fingerprint density at radius 1 is 1.11 bits per heavy atom. The molecule has 7 heteroatoms. The van der Waals surface area contributed by atoms with Gasteiger partial charge in [0.05, 0.1) is 11.4 Å². The summed E-state index contributed by atoms with van der Waals surface area (Å²) in [6.07, 6.45) is 6.09.